The molecule has 0 bridgehead atoms. The van der Waals surface area contributed by atoms with Gasteiger partial charge in [0.05, 0.1) is 0 Å². The van der Waals surface area contributed by atoms with Gasteiger partial charge in [-0.3, -0.25) is 0 Å². The Morgan fingerprint density at radius 3 is 2.18 bits per heavy atom. The number of carbonyl (C=O) groups is 2. The maximum atomic E-state index is 9.55. The number of nitrogens with zero attached hydrogens (tertiary/aromatic N) is 4. The molecule has 0 spiro atoms. The number of anilines is 2. The smallest absolute Gasteiger partial charge is 0.328 e. The van der Waals surface area contributed by atoms with Crippen molar-refractivity contribution in [1.82, 2.24) is 19.9 Å². The van der Waals surface area contributed by atoms with Crippen molar-refractivity contribution >= 4 is 23.7 Å². The van der Waals surface area contributed by atoms with Crippen LogP contribution in [-0.4, -0.2) is 62.1 Å². The lowest BCUT2D eigenvalue weighted by Gasteiger charge is -2.29. The highest BCUT2D eigenvalue weighted by Gasteiger charge is 2.18. The van der Waals surface area contributed by atoms with Gasteiger partial charge in [0.1, 0.15) is 5.82 Å². The van der Waals surface area contributed by atoms with Crippen LogP contribution >= 0.6 is 0 Å². The summed E-state index contributed by atoms with van der Waals surface area (Å²) in [5.74, 6) is -0.513. The molecule has 148 valence electrons. The van der Waals surface area contributed by atoms with E-state index in [2.05, 4.69) is 38.3 Å². The van der Waals surface area contributed by atoms with Gasteiger partial charge < -0.3 is 20.4 Å². The third-order valence-corrected chi connectivity index (χ3v) is 4.15. The van der Waals surface area contributed by atoms with Gasteiger partial charge in [0, 0.05) is 30.7 Å². The van der Waals surface area contributed by atoms with Crippen molar-refractivity contribution in [1.29, 1.82) is 0 Å². The van der Waals surface area contributed by atoms with Gasteiger partial charge in [0.25, 0.3) is 0 Å². The zero-order chi connectivity index (χ0) is 20.4. The summed E-state index contributed by atoms with van der Waals surface area (Å²) in [6.07, 6.45) is 8.94. The number of hydrogen-bond donors (Lipinski definition) is 3. The minimum Gasteiger partial charge on any atom is -0.478 e. The monoisotopic (exact) mass is 385 g/mol. The van der Waals surface area contributed by atoms with E-state index in [9.17, 15) is 9.59 Å². The Labute approximate surface area is 162 Å². The van der Waals surface area contributed by atoms with E-state index in [4.69, 9.17) is 10.2 Å². The number of pyridine rings is 1. The van der Waals surface area contributed by atoms with Gasteiger partial charge in [-0.25, -0.2) is 24.5 Å². The minimum atomic E-state index is -1.26. The Bertz CT molecular complexity index is 772. The van der Waals surface area contributed by atoms with Crippen LogP contribution in [0.25, 0.3) is 0 Å². The first-order chi connectivity index (χ1) is 13.4. The van der Waals surface area contributed by atoms with E-state index in [-0.39, 0.29) is 0 Å². The number of aliphatic carboxylic acids is 2. The molecule has 0 radical (unpaired) electrons. The van der Waals surface area contributed by atoms with E-state index < -0.39 is 11.9 Å². The molecule has 1 saturated heterocycles. The number of hydrogen-bond acceptors (Lipinski definition) is 7. The number of piperidine rings is 1. The van der Waals surface area contributed by atoms with Crippen LogP contribution in [0.1, 0.15) is 24.3 Å². The molecule has 0 amide bonds. The van der Waals surface area contributed by atoms with Crippen molar-refractivity contribution < 1.29 is 19.8 Å². The van der Waals surface area contributed by atoms with Gasteiger partial charge >= 0.3 is 11.9 Å². The van der Waals surface area contributed by atoms with Gasteiger partial charge in [0.2, 0.25) is 5.95 Å². The van der Waals surface area contributed by atoms with Crippen LogP contribution in [0.4, 0.5) is 11.8 Å². The summed E-state index contributed by atoms with van der Waals surface area (Å²) in [5, 5.41) is 18.7. The Morgan fingerprint density at radius 2 is 1.68 bits per heavy atom. The molecule has 9 heteroatoms. The van der Waals surface area contributed by atoms with Crippen molar-refractivity contribution in [3.63, 3.8) is 0 Å². The Morgan fingerprint density at radius 1 is 1.07 bits per heavy atom. The molecule has 9 nitrogen and oxygen atoms in total. The van der Waals surface area contributed by atoms with Crippen LogP contribution < -0.4 is 5.32 Å². The SMILES string of the molecule is CN1CCC(c2ccc(Nc3ncccn3)nc2)CC1.O=C(O)/C=C/C(=O)O. The van der Waals surface area contributed by atoms with E-state index in [1.165, 1.54) is 31.5 Å². The van der Waals surface area contributed by atoms with Crippen molar-refractivity contribution in [2.75, 3.05) is 25.5 Å². The molecule has 0 aromatic carbocycles. The predicted molar refractivity (Wildman–Crippen MR) is 103 cm³/mol. The summed E-state index contributed by atoms with van der Waals surface area (Å²) in [5.41, 5.74) is 1.33. The lowest BCUT2D eigenvalue weighted by molar-refractivity contribution is -0.134. The van der Waals surface area contributed by atoms with Gasteiger partial charge in [-0.05, 0) is 56.6 Å². The van der Waals surface area contributed by atoms with Gasteiger partial charge in [0.15, 0.2) is 0 Å². The van der Waals surface area contributed by atoms with Gasteiger partial charge in [-0.2, -0.15) is 0 Å². The van der Waals surface area contributed by atoms with Crippen LogP contribution in [-0.2, 0) is 9.59 Å². The summed E-state index contributed by atoms with van der Waals surface area (Å²) in [6.45, 7) is 2.34. The number of nitrogens with one attached hydrogen (secondary N) is 1. The van der Waals surface area contributed by atoms with Crippen LogP contribution in [0, 0.1) is 0 Å². The Kier molecular flexibility index (Phi) is 8.04. The molecule has 0 unspecified atom stereocenters. The summed E-state index contributed by atoms with van der Waals surface area (Å²) >= 11 is 0. The summed E-state index contributed by atoms with van der Waals surface area (Å²) in [6, 6.07) is 5.96. The second kappa shape index (κ2) is 10.7. The van der Waals surface area contributed by atoms with E-state index in [0.29, 0.717) is 24.0 Å². The molecule has 3 heterocycles. The molecule has 1 aliphatic rings. The first-order valence-electron chi connectivity index (χ1n) is 8.76. The summed E-state index contributed by atoms with van der Waals surface area (Å²) < 4.78 is 0. The van der Waals surface area contributed by atoms with Crippen molar-refractivity contribution in [3.05, 3.63) is 54.5 Å². The van der Waals surface area contributed by atoms with Gasteiger partial charge in [-0.15, -0.1) is 0 Å². The number of carboxylic acid groups (broad SMARTS) is 2. The van der Waals surface area contributed by atoms with Crippen molar-refractivity contribution in [2.45, 2.75) is 18.8 Å². The normalized spacial score (nSPS) is 14.9. The highest BCUT2D eigenvalue weighted by Crippen LogP contribution is 2.27. The maximum absolute atomic E-state index is 9.55. The number of likely N-dealkylation sites (tertiary alicyclic amines) is 1. The van der Waals surface area contributed by atoms with Crippen LogP contribution in [0.3, 0.4) is 0 Å². The largest absolute Gasteiger partial charge is 0.478 e. The number of aromatic nitrogens is 3. The fourth-order valence-corrected chi connectivity index (χ4v) is 2.68. The number of carboxylic acids is 2. The lowest BCUT2D eigenvalue weighted by Crippen LogP contribution is -2.29. The average Bonchev–Trinajstić information content (AvgIpc) is 2.69. The molecule has 0 aliphatic carbocycles. The molecular weight excluding hydrogens is 362 g/mol. The molecule has 3 rings (SSSR count). The van der Waals surface area contributed by atoms with Crippen LogP contribution in [0.15, 0.2) is 48.9 Å². The zero-order valence-corrected chi connectivity index (χ0v) is 15.5. The van der Waals surface area contributed by atoms with E-state index >= 15 is 0 Å². The third-order valence-electron chi connectivity index (χ3n) is 4.15. The first kappa shape index (κ1) is 21.0. The highest BCUT2D eigenvalue weighted by atomic mass is 16.4. The van der Waals surface area contributed by atoms with Crippen molar-refractivity contribution in [2.24, 2.45) is 0 Å². The lowest BCUT2D eigenvalue weighted by atomic mass is 9.91. The Balaban J connectivity index is 0.000000300. The molecule has 2 aromatic rings. The first-order valence-corrected chi connectivity index (χ1v) is 8.76. The molecule has 1 aliphatic heterocycles. The molecule has 1 fully saturated rings. The molecule has 0 atom stereocenters. The molecule has 0 saturated carbocycles. The second-order valence-electron chi connectivity index (χ2n) is 6.26. The second-order valence-corrected chi connectivity index (χ2v) is 6.26. The highest BCUT2D eigenvalue weighted by molar-refractivity contribution is 5.89. The van der Waals surface area contributed by atoms with E-state index in [0.717, 1.165) is 5.82 Å². The van der Waals surface area contributed by atoms with Crippen molar-refractivity contribution in [3.8, 4) is 0 Å². The van der Waals surface area contributed by atoms with Gasteiger partial charge in [-0.1, -0.05) is 6.07 Å². The summed E-state index contributed by atoms with van der Waals surface area (Å²) in [4.78, 5) is 34.2. The average molecular weight is 385 g/mol. The Hall–Kier alpha value is -3.33. The van der Waals surface area contributed by atoms with Crippen LogP contribution in [0.5, 0.6) is 0 Å². The van der Waals surface area contributed by atoms with E-state index in [1.807, 2.05) is 12.3 Å². The zero-order valence-electron chi connectivity index (χ0n) is 15.5. The van der Waals surface area contributed by atoms with Crippen LogP contribution in [0.2, 0.25) is 0 Å². The van der Waals surface area contributed by atoms with E-state index in [1.54, 1.807) is 18.5 Å². The maximum Gasteiger partial charge on any atom is 0.328 e. The number of rotatable bonds is 5. The predicted octanol–water partition coefficient (Wildman–Crippen LogP) is 2.14. The fraction of sp³-hybridized carbons (Fsp3) is 0.316. The molecule has 3 N–H and O–H groups in total. The summed E-state index contributed by atoms with van der Waals surface area (Å²) in [7, 11) is 2.18. The quantitative estimate of drug-likeness (QED) is 0.663. The topological polar surface area (TPSA) is 129 Å². The fourth-order valence-electron chi connectivity index (χ4n) is 2.68. The molecular formula is C19H23N5O4. The molecule has 28 heavy (non-hydrogen) atoms. The minimum absolute atomic E-state index is 0.558. The molecule has 2 aromatic heterocycles. The third kappa shape index (κ3) is 7.50. The standard InChI is InChI=1S/C15H19N5.C4H4O4/c1-20-9-5-12(6-10-20)13-3-4-14(18-11-13)19-15-16-7-2-8-17-15;5-3(6)1-2-4(7)8/h2-4,7-8,11-12H,5-6,9-10H2,1H3,(H,16,17,18,19);1-2H,(H,5,6)(H,7,8)/b;2-1+.